The van der Waals surface area contributed by atoms with Crippen LogP contribution in [0.5, 0.6) is 0 Å². The van der Waals surface area contributed by atoms with Gasteiger partial charge in [-0.3, -0.25) is 9.59 Å². The number of anilines is 2. The molecule has 1 aromatic carbocycles. The molecule has 9 heteroatoms. The van der Waals surface area contributed by atoms with Gasteiger partial charge in [0.1, 0.15) is 5.82 Å². The molecule has 0 spiro atoms. The molecule has 6 nitrogen and oxygen atoms in total. The lowest BCUT2D eigenvalue weighted by atomic mass is 9.96. The molecule has 182 valence electrons. The molecule has 1 aliphatic heterocycles. The van der Waals surface area contributed by atoms with Crippen LogP contribution in [0.1, 0.15) is 49.7 Å². The zero-order valence-electron chi connectivity index (χ0n) is 18.9. The van der Waals surface area contributed by atoms with Gasteiger partial charge in [-0.05, 0) is 55.5 Å². The van der Waals surface area contributed by atoms with E-state index in [2.05, 4.69) is 15.6 Å². The van der Waals surface area contributed by atoms with Crippen LogP contribution in [0.15, 0.2) is 42.6 Å². The molecule has 2 N–H and O–H groups in total. The van der Waals surface area contributed by atoms with Gasteiger partial charge in [0, 0.05) is 37.4 Å². The quantitative estimate of drug-likeness (QED) is 0.633. The largest absolute Gasteiger partial charge is 0.419 e. The van der Waals surface area contributed by atoms with E-state index < -0.39 is 17.7 Å². The predicted octanol–water partition coefficient (Wildman–Crippen LogP) is 4.76. The van der Waals surface area contributed by atoms with E-state index in [0.29, 0.717) is 25.1 Å². The number of carbonyl (C=O) groups excluding carboxylic acids is 2. The second kappa shape index (κ2) is 10.4. The van der Waals surface area contributed by atoms with Crippen LogP contribution >= 0.6 is 0 Å². The van der Waals surface area contributed by atoms with Crippen LogP contribution in [-0.2, 0) is 22.3 Å². The molecule has 2 fully saturated rings. The first-order valence-corrected chi connectivity index (χ1v) is 11.8. The molecule has 4 rings (SSSR count). The molecule has 1 aliphatic carbocycles. The summed E-state index contributed by atoms with van der Waals surface area (Å²) in [5.41, 5.74) is 0.754. The number of hydrogen-bond acceptors (Lipinski definition) is 4. The topological polar surface area (TPSA) is 74.3 Å². The zero-order chi connectivity index (χ0) is 24.1. The van der Waals surface area contributed by atoms with Crippen LogP contribution in [0.3, 0.4) is 0 Å². The summed E-state index contributed by atoms with van der Waals surface area (Å²) in [6.07, 6.45) is 2.06. The fourth-order valence-electron chi connectivity index (χ4n) is 4.78. The van der Waals surface area contributed by atoms with Crippen molar-refractivity contribution in [3.63, 3.8) is 0 Å². The SMILES string of the molecule is O=C(NCc1cccc(NC(=O)C2CCCC2)c1)C1CCCN(c2ncccc2C(F)(F)F)C1. The number of rotatable bonds is 6. The number of halogens is 3. The number of nitrogens with one attached hydrogen (secondary N) is 2. The molecule has 2 amide bonds. The van der Waals surface area contributed by atoms with Crippen molar-refractivity contribution in [1.82, 2.24) is 10.3 Å². The Morgan fingerprint density at radius 1 is 1.00 bits per heavy atom. The van der Waals surface area contributed by atoms with Crippen LogP contribution in [0.2, 0.25) is 0 Å². The Kier molecular flexibility index (Phi) is 7.38. The first-order valence-electron chi connectivity index (χ1n) is 11.8. The summed E-state index contributed by atoms with van der Waals surface area (Å²) < 4.78 is 40.2. The number of amides is 2. The lowest BCUT2D eigenvalue weighted by Crippen LogP contribution is -2.43. The predicted molar refractivity (Wildman–Crippen MR) is 123 cm³/mol. The summed E-state index contributed by atoms with van der Waals surface area (Å²) in [6, 6.07) is 9.64. The normalized spacial score (nSPS) is 19.1. The number of hydrogen-bond donors (Lipinski definition) is 2. The van der Waals surface area contributed by atoms with Crippen molar-refractivity contribution < 1.29 is 22.8 Å². The second-order valence-electron chi connectivity index (χ2n) is 9.05. The van der Waals surface area contributed by atoms with Gasteiger partial charge in [0.25, 0.3) is 0 Å². The highest BCUT2D eigenvalue weighted by molar-refractivity contribution is 5.92. The highest BCUT2D eigenvalue weighted by Gasteiger charge is 2.37. The Labute approximate surface area is 196 Å². The number of aromatic nitrogens is 1. The Bertz CT molecular complexity index is 1020. The van der Waals surface area contributed by atoms with Crippen molar-refractivity contribution in [2.45, 2.75) is 51.2 Å². The Balaban J connectivity index is 1.34. The molecule has 34 heavy (non-hydrogen) atoms. The van der Waals surface area contributed by atoms with Crippen LogP contribution in [-0.4, -0.2) is 29.9 Å². The Hall–Kier alpha value is -3.10. The number of piperidine rings is 1. The van der Waals surface area contributed by atoms with Crippen molar-refractivity contribution in [3.8, 4) is 0 Å². The zero-order valence-corrected chi connectivity index (χ0v) is 18.9. The van der Waals surface area contributed by atoms with E-state index in [0.717, 1.165) is 37.3 Å². The van der Waals surface area contributed by atoms with E-state index >= 15 is 0 Å². The minimum absolute atomic E-state index is 0.0359. The Morgan fingerprint density at radius 3 is 2.53 bits per heavy atom. The molecule has 1 unspecified atom stereocenters. The maximum atomic E-state index is 13.4. The van der Waals surface area contributed by atoms with Crippen molar-refractivity contribution in [2.24, 2.45) is 11.8 Å². The average Bonchev–Trinajstić information content (AvgIpc) is 3.38. The van der Waals surface area contributed by atoms with E-state index in [-0.39, 0.29) is 36.6 Å². The van der Waals surface area contributed by atoms with Gasteiger partial charge >= 0.3 is 6.18 Å². The van der Waals surface area contributed by atoms with Gasteiger partial charge < -0.3 is 15.5 Å². The molecule has 2 aromatic rings. The van der Waals surface area contributed by atoms with Crippen LogP contribution < -0.4 is 15.5 Å². The van der Waals surface area contributed by atoms with Gasteiger partial charge in [-0.2, -0.15) is 13.2 Å². The standard InChI is InChI=1S/C25H29F3N4O2/c26-25(27,28)21-11-4-12-29-22(21)32-13-5-9-19(16-32)23(33)30-15-17-6-3-10-20(14-17)31-24(34)18-7-1-2-8-18/h3-4,6,10-12,14,18-19H,1-2,5,7-9,13,15-16H2,(H,30,33)(H,31,34). The van der Waals surface area contributed by atoms with Crippen molar-refractivity contribution in [3.05, 3.63) is 53.7 Å². The molecule has 1 saturated heterocycles. The number of benzene rings is 1. The lowest BCUT2D eigenvalue weighted by Gasteiger charge is -2.34. The summed E-state index contributed by atoms with van der Waals surface area (Å²) >= 11 is 0. The van der Waals surface area contributed by atoms with Gasteiger partial charge in [-0.15, -0.1) is 0 Å². The maximum Gasteiger partial charge on any atom is 0.419 e. The van der Waals surface area contributed by atoms with E-state index in [4.69, 9.17) is 0 Å². The third kappa shape index (κ3) is 5.87. The molecular weight excluding hydrogens is 445 g/mol. The highest BCUT2D eigenvalue weighted by Crippen LogP contribution is 2.36. The smallest absolute Gasteiger partial charge is 0.355 e. The van der Waals surface area contributed by atoms with E-state index in [1.807, 2.05) is 24.3 Å². The van der Waals surface area contributed by atoms with Crippen LogP contribution in [0, 0.1) is 11.8 Å². The minimum Gasteiger partial charge on any atom is -0.355 e. The van der Waals surface area contributed by atoms with Gasteiger partial charge in [-0.1, -0.05) is 25.0 Å². The summed E-state index contributed by atoms with van der Waals surface area (Å²) in [5, 5.41) is 5.86. The first kappa shape index (κ1) is 24.0. The number of nitrogens with zero attached hydrogens (tertiary/aromatic N) is 2. The van der Waals surface area contributed by atoms with Gasteiger partial charge in [0.2, 0.25) is 11.8 Å². The summed E-state index contributed by atoms with van der Waals surface area (Å²) in [5.74, 6) is -0.654. The molecule has 1 saturated carbocycles. The molecule has 2 heterocycles. The molecule has 0 radical (unpaired) electrons. The van der Waals surface area contributed by atoms with Gasteiger partial charge in [0.05, 0.1) is 11.5 Å². The fraction of sp³-hybridized carbons (Fsp3) is 0.480. The van der Waals surface area contributed by atoms with E-state index in [1.165, 1.54) is 12.3 Å². The molecule has 1 aromatic heterocycles. The first-order chi connectivity index (χ1) is 16.3. The van der Waals surface area contributed by atoms with E-state index in [9.17, 15) is 22.8 Å². The fourth-order valence-corrected chi connectivity index (χ4v) is 4.78. The molecule has 0 bridgehead atoms. The molecule has 1 atom stereocenters. The Morgan fingerprint density at radius 2 is 1.76 bits per heavy atom. The third-order valence-electron chi connectivity index (χ3n) is 6.57. The second-order valence-corrected chi connectivity index (χ2v) is 9.05. The van der Waals surface area contributed by atoms with Crippen molar-refractivity contribution >= 4 is 23.3 Å². The van der Waals surface area contributed by atoms with Gasteiger partial charge in [-0.25, -0.2) is 4.98 Å². The maximum absolute atomic E-state index is 13.4. The summed E-state index contributed by atoms with van der Waals surface area (Å²) in [7, 11) is 0. The number of alkyl halides is 3. The average molecular weight is 475 g/mol. The van der Waals surface area contributed by atoms with Crippen LogP contribution in [0.4, 0.5) is 24.7 Å². The summed E-state index contributed by atoms with van der Waals surface area (Å²) in [4.78, 5) is 30.7. The van der Waals surface area contributed by atoms with E-state index in [1.54, 1.807) is 4.90 Å². The van der Waals surface area contributed by atoms with Crippen molar-refractivity contribution in [2.75, 3.05) is 23.3 Å². The minimum atomic E-state index is -4.50. The van der Waals surface area contributed by atoms with Gasteiger partial charge in [0.15, 0.2) is 0 Å². The van der Waals surface area contributed by atoms with Crippen molar-refractivity contribution in [1.29, 1.82) is 0 Å². The third-order valence-corrected chi connectivity index (χ3v) is 6.57. The monoisotopic (exact) mass is 474 g/mol. The lowest BCUT2D eigenvalue weighted by molar-refractivity contribution is -0.137. The van der Waals surface area contributed by atoms with Crippen LogP contribution in [0.25, 0.3) is 0 Å². The molecule has 2 aliphatic rings. The highest BCUT2D eigenvalue weighted by atomic mass is 19.4. The molecular formula is C25H29F3N4O2. The summed E-state index contributed by atoms with van der Waals surface area (Å²) in [6.45, 7) is 0.885. The number of carbonyl (C=O) groups is 2. The number of pyridine rings is 1.